The third-order valence-corrected chi connectivity index (χ3v) is 1.55. The van der Waals surface area contributed by atoms with E-state index >= 15 is 0 Å². The van der Waals surface area contributed by atoms with Crippen molar-refractivity contribution < 1.29 is 14.6 Å². The van der Waals surface area contributed by atoms with Crippen LogP contribution >= 0.6 is 11.8 Å². The SMILES string of the molecule is CC1(O)COC(=O)N1Cl. The maximum absolute atomic E-state index is 10.4. The third-order valence-electron chi connectivity index (χ3n) is 1.05. The van der Waals surface area contributed by atoms with Crippen molar-refractivity contribution in [2.45, 2.75) is 12.6 Å². The molecule has 4 nitrogen and oxygen atoms in total. The highest BCUT2D eigenvalue weighted by Crippen LogP contribution is 2.22. The Labute approximate surface area is 57.1 Å². The number of carbonyl (C=O) groups excluding carboxylic acids is 1. The molecule has 1 saturated heterocycles. The molecule has 0 aromatic carbocycles. The van der Waals surface area contributed by atoms with Crippen LogP contribution in [0.25, 0.3) is 0 Å². The largest absolute Gasteiger partial charge is 0.443 e. The molecular weight excluding hydrogens is 146 g/mol. The Morgan fingerprint density at radius 1 is 2.00 bits per heavy atom. The number of hydrogen-bond acceptors (Lipinski definition) is 3. The van der Waals surface area contributed by atoms with Gasteiger partial charge in [0, 0.05) is 11.8 Å². The molecule has 1 aliphatic rings. The average molecular weight is 152 g/mol. The molecule has 1 rings (SSSR count). The quantitative estimate of drug-likeness (QED) is 0.507. The molecule has 5 heteroatoms. The lowest BCUT2D eigenvalue weighted by Crippen LogP contribution is -2.37. The topological polar surface area (TPSA) is 49.8 Å². The molecule has 1 N–H and O–H groups in total. The molecule has 52 valence electrons. The molecule has 1 amide bonds. The van der Waals surface area contributed by atoms with Crippen molar-refractivity contribution in [3.8, 4) is 0 Å². The van der Waals surface area contributed by atoms with Crippen LogP contribution in [0.4, 0.5) is 4.79 Å². The molecule has 9 heavy (non-hydrogen) atoms. The highest BCUT2D eigenvalue weighted by atomic mass is 35.5. The normalized spacial score (nSPS) is 35.0. The van der Waals surface area contributed by atoms with Gasteiger partial charge in [0.25, 0.3) is 0 Å². The van der Waals surface area contributed by atoms with Crippen LogP contribution in [-0.2, 0) is 4.74 Å². The monoisotopic (exact) mass is 151 g/mol. The number of nitrogens with zero attached hydrogens (tertiary/aromatic N) is 1. The van der Waals surface area contributed by atoms with Crippen molar-refractivity contribution in [3.05, 3.63) is 0 Å². The van der Waals surface area contributed by atoms with Gasteiger partial charge in [-0.05, 0) is 6.92 Å². The van der Waals surface area contributed by atoms with Crippen LogP contribution in [0.2, 0.25) is 0 Å². The van der Waals surface area contributed by atoms with E-state index in [-0.39, 0.29) is 6.61 Å². The van der Waals surface area contributed by atoms with Crippen molar-refractivity contribution in [2.75, 3.05) is 6.61 Å². The first-order valence-corrected chi connectivity index (χ1v) is 2.73. The van der Waals surface area contributed by atoms with Gasteiger partial charge < -0.3 is 9.84 Å². The number of ether oxygens (including phenoxy) is 1. The minimum Gasteiger partial charge on any atom is -0.443 e. The van der Waals surface area contributed by atoms with Crippen molar-refractivity contribution in [1.82, 2.24) is 4.42 Å². The summed E-state index contributed by atoms with van der Waals surface area (Å²) in [5.41, 5.74) is -1.35. The van der Waals surface area contributed by atoms with Crippen LogP contribution in [0.5, 0.6) is 0 Å². The van der Waals surface area contributed by atoms with Crippen LogP contribution < -0.4 is 0 Å². The minimum atomic E-state index is -1.35. The molecule has 1 fully saturated rings. The van der Waals surface area contributed by atoms with Crippen LogP contribution in [0, 0.1) is 0 Å². The minimum absolute atomic E-state index is 0.0741. The molecule has 1 atom stereocenters. The Morgan fingerprint density at radius 3 is 2.67 bits per heavy atom. The second-order valence-electron chi connectivity index (χ2n) is 2.05. The van der Waals surface area contributed by atoms with E-state index < -0.39 is 11.8 Å². The van der Waals surface area contributed by atoms with Crippen LogP contribution in [0.3, 0.4) is 0 Å². The summed E-state index contributed by atoms with van der Waals surface area (Å²) in [4.78, 5) is 10.4. The first-order valence-electron chi connectivity index (χ1n) is 2.39. The van der Waals surface area contributed by atoms with Gasteiger partial charge in [0.1, 0.15) is 6.61 Å². The summed E-state index contributed by atoms with van der Waals surface area (Å²) in [6.45, 7) is 1.32. The summed E-state index contributed by atoms with van der Waals surface area (Å²) in [7, 11) is 0. The molecular formula is C4H6ClNO3. The van der Waals surface area contributed by atoms with E-state index in [4.69, 9.17) is 16.9 Å². The lowest BCUT2D eigenvalue weighted by Gasteiger charge is -2.17. The summed E-state index contributed by atoms with van der Waals surface area (Å²) >= 11 is 5.26. The summed E-state index contributed by atoms with van der Waals surface area (Å²) in [5.74, 6) is 0. The van der Waals surface area contributed by atoms with Gasteiger partial charge in [-0.2, -0.15) is 4.42 Å². The van der Waals surface area contributed by atoms with Gasteiger partial charge in [-0.3, -0.25) is 0 Å². The third kappa shape index (κ3) is 0.951. The van der Waals surface area contributed by atoms with E-state index in [1.807, 2.05) is 0 Å². The van der Waals surface area contributed by atoms with Gasteiger partial charge in [0.05, 0.1) is 0 Å². The van der Waals surface area contributed by atoms with Gasteiger partial charge in [-0.15, -0.1) is 0 Å². The number of rotatable bonds is 0. The highest BCUT2D eigenvalue weighted by Gasteiger charge is 2.41. The average Bonchev–Trinajstić information content (AvgIpc) is 1.97. The van der Waals surface area contributed by atoms with E-state index in [0.717, 1.165) is 0 Å². The second-order valence-corrected chi connectivity index (χ2v) is 2.39. The Hall–Kier alpha value is -0.480. The molecule has 0 aliphatic carbocycles. The van der Waals surface area contributed by atoms with Gasteiger partial charge in [0.2, 0.25) is 0 Å². The van der Waals surface area contributed by atoms with Crippen LogP contribution in [0.15, 0.2) is 0 Å². The maximum Gasteiger partial charge on any atom is 0.427 e. The molecule has 1 heterocycles. The fraction of sp³-hybridized carbons (Fsp3) is 0.750. The maximum atomic E-state index is 10.4. The van der Waals surface area contributed by atoms with Crippen LogP contribution in [-0.4, -0.2) is 28.0 Å². The fourth-order valence-electron chi connectivity index (χ4n) is 0.508. The summed E-state index contributed by atoms with van der Waals surface area (Å²) in [5, 5.41) is 9.08. The van der Waals surface area contributed by atoms with Gasteiger partial charge in [-0.1, -0.05) is 0 Å². The van der Waals surface area contributed by atoms with Crippen molar-refractivity contribution in [2.24, 2.45) is 0 Å². The Bertz CT molecular complexity index is 147. The first kappa shape index (κ1) is 6.64. The predicted molar refractivity (Wildman–Crippen MR) is 29.7 cm³/mol. The molecule has 0 radical (unpaired) electrons. The zero-order valence-electron chi connectivity index (χ0n) is 4.80. The summed E-state index contributed by atoms with van der Waals surface area (Å²) < 4.78 is 5.02. The number of cyclic esters (lactones) is 1. The van der Waals surface area contributed by atoms with Crippen molar-refractivity contribution >= 4 is 17.9 Å². The highest BCUT2D eigenvalue weighted by molar-refractivity contribution is 6.21. The number of amides is 1. The smallest absolute Gasteiger partial charge is 0.427 e. The first-order chi connectivity index (χ1) is 4.04. The van der Waals surface area contributed by atoms with E-state index in [1.165, 1.54) is 6.92 Å². The number of carbonyl (C=O) groups is 1. The predicted octanol–water partition coefficient (Wildman–Crippen LogP) is 0.301. The molecule has 0 bridgehead atoms. The standard InChI is InChI=1S/C4H6ClNO3/c1-4(8)2-9-3(7)6(4)5/h8H,2H2,1H3. The van der Waals surface area contributed by atoms with E-state index in [0.29, 0.717) is 4.42 Å². The van der Waals surface area contributed by atoms with Crippen molar-refractivity contribution in [3.63, 3.8) is 0 Å². The molecule has 1 unspecified atom stereocenters. The van der Waals surface area contributed by atoms with E-state index in [9.17, 15) is 4.79 Å². The van der Waals surface area contributed by atoms with Crippen LogP contribution in [0.1, 0.15) is 6.92 Å². The lowest BCUT2D eigenvalue weighted by atomic mass is 10.3. The van der Waals surface area contributed by atoms with Crippen molar-refractivity contribution in [1.29, 1.82) is 0 Å². The Balaban J connectivity index is 2.73. The van der Waals surface area contributed by atoms with Gasteiger partial charge in [0.15, 0.2) is 5.72 Å². The fourth-order valence-corrected chi connectivity index (χ4v) is 0.606. The molecule has 1 aliphatic heterocycles. The summed E-state index contributed by atoms with van der Waals surface area (Å²) in [6.07, 6.45) is -0.707. The summed E-state index contributed by atoms with van der Waals surface area (Å²) in [6, 6.07) is 0. The Morgan fingerprint density at radius 2 is 2.56 bits per heavy atom. The van der Waals surface area contributed by atoms with E-state index in [2.05, 4.69) is 4.74 Å². The zero-order chi connectivity index (χ0) is 7.07. The number of halogens is 1. The zero-order valence-corrected chi connectivity index (χ0v) is 5.55. The molecule has 0 saturated carbocycles. The number of hydrogen-bond donors (Lipinski definition) is 1. The van der Waals surface area contributed by atoms with Gasteiger partial charge >= 0.3 is 6.09 Å². The van der Waals surface area contributed by atoms with E-state index in [1.54, 1.807) is 0 Å². The molecule has 0 aromatic heterocycles. The second kappa shape index (κ2) is 1.75. The molecule has 0 aromatic rings. The number of aliphatic hydroxyl groups is 1. The van der Waals surface area contributed by atoms with Gasteiger partial charge in [-0.25, -0.2) is 4.79 Å². The molecule has 0 spiro atoms. The lowest BCUT2D eigenvalue weighted by molar-refractivity contribution is -0.00833. The Kier molecular flexibility index (Phi) is 1.29.